The molecule has 0 saturated carbocycles. The minimum absolute atomic E-state index is 0.212. The quantitative estimate of drug-likeness (QED) is 0.430. The van der Waals surface area contributed by atoms with Gasteiger partial charge in [-0.15, -0.1) is 0 Å². The van der Waals surface area contributed by atoms with Gasteiger partial charge in [-0.3, -0.25) is 9.78 Å². The highest BCUT2D eigenvalue weighted by Gasteiger charge is 2.13. The molecule has 0 aliphatic carbocycles. The monoisotopic (exact) mass is 453 g/mol. The van der Waals surface area contributed by atoms with Gasteiger partial charge in [0.1, 0.15) is 11.1 Å². The number of halogens is 2. The van der Waals surface area contributed by atoms with E-state index in [1.807, 2.05) is 18.2 Å². The number of hydrogen-bond donors (Lipinski definition) is 1. The topological polar surface area (TPSA) is 67.5 Å². The standard InChI is InChI=1S/C21H13BrClN3O2/c22-14-1-6-19-13(11-14)12-18(20(27)25-17-7-9-24-10-8-17)21(28-19)26-16-4-2-15(23)3-5-16/h1-12H,(H,24,25,27). The van der Waals surface area contributed by atoms with Crippen molar-refractivity contribution in [2.45, 2.75) is 0 Å². The van der Waals surface area contributed by atoms with Crippen LogP contribution in [0.4, 0.5) is 11.4 Å². The molecule has 4 aromatic rings. The molecule has 2 aromatic heterocycles. The zero-order chi connectivity index (χ0) is 19.5. The maximum absolute atomic E-state index is 12.9. The third-order valence-corrected chi connectivity index (χ3v) is 4.69. The van der Waals surface area contributed by atoms with Crippen molar-refractivity contribution >= 4 is 55.8 Å². The van der Waals surface area contributed by atoms with Crippen LogP contribution in [0.1, 0.15) is 10.4 Å². The van der Waals surface area contributed by atoms with E-state index in [1.165, 1.54) is 0 Å². The second-order valence-electron chi connectivity index (χ2n) is 5.93. The summed E-state index contributed by atoms with van der Waals surface area (Å²) in [4.78, 5) is 21.4. The molecule has 4 rings (SSSR count). The van der Waals surface area contributed by atoms with Crippen LogP contribution in [0.25, 0.3) is 11.0 Å². The Kier molecular flexibility index (Phi) is 5.23. The van der Waals surface area contributed by atoms with E-state index in [4.69, 9.17) is 16.0 Å². The Hall–Kier alpha value is -2.96. The fourth-order valence-corrected chi connectivity index (χ4v) is 3.12. The Balaban J connectivity index is 1.86. The van der Waals surface area contributed by atoms with Gasteiger partial charge in [0.05, 0.1) is 5.69 Å². The summed E-state index contributed by atoms with van der Waals surface area (Å²) in [5.74, 6) is -0.329. The van der Waals surface area contributed by atoms with E-state index in [2.05, 4.69) is 31.2 Å². The molecule has 0 atom stereocenters. The number of pyridine rings is 1. The summed E-state index contributed by atoms with van der Waals surface area (Å²) in [7, 11) is 0. The normalized spacial score (nSPS) is 11.6. The van der Waals surface area contributed by atoms with Crippen LogP contribution < -0.4 is 10.9 Å². The summed E-state index contributed by atoms with van der Waals surface area (Å²) < 4.78 is 6.83. The van der Waals surface area contributed by atoms with Crippen molar-refractivity contribution in [1.29, 1.82) is 0 Å². The molecule has 0 aliphatic heterocycles. The fraction of sp³-hybridized carbons (Fsp3) is 0. The van der Waals surface area contributed by atoms with Crippen molar-refractivity contribution in [3.05, 3.63) is 93.7 Å². The Morgan fingerprint density at radius 3 is 2.54 bits per heavy atom. The first-order chi connectivity index (χ1) is 13.6. The van der Waals surface area contributed by atoms with Gasteiger partial charge in [0.25, 0.3) is 5.91 Å². The molecule has 0 bridgehead atoms. The van der Waals surface area contributed by atoms with Gasteiger partial charge in [0.2, 0.25) is 5.55 Å². The van der Waals surface area contributed by atoms with Crippen molar-refractivity contribution in [2.24, 2.45) is 4.99 Å². The first-order valence-corrected chi connectivity index (χ1v) is 9.51. The minimum atomic E-state index is -0.329. The summed E-state index contributed by atoms with van der Waals surface area (Å²) in [6, 6.07) is 17.7. The number of hydrogen-bond acceptors (Lipinski definition) is 4. The summed E-state index contributed by atoms with van der Waals surface area (Å²) in [6.07, 6.45) is 3.22. The number of nitrogens with zero attached hydrogens (tertiary/aromatic N) is 2. The lowest BCUT2D eigenvalue weighted by Crippen LogP contribution is -2.21. The molecule has 2 heterocycles. The first-order valence-electron chi connectivity index (χ1n) is 8.33. The second kappa shape index (κ2) is 7.96. The highest BCUT2D eigenvalue weighted by atomic mass is 79.9. The maximum atomic E-state index is 12.9. The number of amides is 1. The molecule has 28 heavy (non-hydrogen) atoms. The van der Waals surface area contributed by atoms with Crippen LogP contribution in [0.15, 0.2) is 86.9 Å². The molecule has 1 N–H and O–H groups in total. The Labute approximate surface area is 173 Å². The number of anilines is 1. The van der Waals surface area contributed by atoms with Crippen LogP contribution >= 0.6 is 27.5 Å². The van der Waals surface area contributed by atoms with Gasteiger partial charge >= 0.3 is 0 Å². The number of aromatic nitrogens is 1. The molecule has 0 fully saturated rings. The smallest absolute Gasteiger partial charge is 0.261 e. The van der Waals surface area contributed by atoms with E-state index >= 15 is 0 Å². The molecule has 0 radical (unpaired) electrons. The lowest BCUT2D eigenvalue weighted by molar-refractivity contribution is 0.102. The van der Waals surface area contributed by atoms with E-state index in [-0.39, 0.29) is 11.5 Å². The average Bonchev–Trinajstić information content (AvgIpc) is 2.70. The predicted molar refractivity (Wildman–Crippen MR) is 113 cm³/mol. The minimum Gasteiger partial charge on any atom is -0.438 e. The number of fused-ring (bicyclic) bond motifs is 1. The number of carbonyl (C=O) groups is 1. The molecule has 0 saturated heterocycles. The van der Waals surface area contributed by atoms with Crippen LogP contribution in [-0.2, 0) is 0 Å². The predicted octanol–water partition coefficient (Wildman–Crippen LogP) is 5.73. The Bertz CT molecular complexity index is 1220. The summed E-state index contributed by atoms with van der Waals surface area (Å²) in [6.45, 7) is 0. The molecule has 0 aliphatic rings. The molecule has 1 amide bonds. The van der Waals surface area contributed by atoms with E-state index < -0.39 is 0 Å². The van der Waals surface area contributed by atoms with Gasteiger partial charge in [0, 0.05) is 33.0 Å². The number of rotatable bonds is 3. The zero-order valence-corrected chi connectivity index (χ0v) is 16.7. The van der Waals surface area contributed by atoms with Gasteiger partial charge in [-0.05, 0) is 60.7 Å². The summed E-state index contributed by atoms with van der Waals surface area (Å²) in [5, 5.41) is 4.23. The molecule has 138 valence electrons. The fourth-order valence-electron chi connectivity index (χ4n) is 2.61. The third kappa shape index (κ3) is 4.13. The largest absolute Gasteiger partial charge is 0.438 e. The zero-order valence-electron chi connectivity index (χ0n) is 14.4. The van der Waals surface area contributed by atoms with E-state index in [1.54, 1.807) is 54.9 Å². The van der Waals surface area contributed by atoms with E-state index in [0.29, 0.717) is 27.5 Å². The van der Waals surface area contributed by atoms with Crippen molar-refractivity contribution in [3.63, 3.8) is 0 Å². The van der Waals surface area contributed by atoms with Crippen molar-refractivity contribution in [3.8, 4) is 0 Å². The van der Waals surface area contributed by atoms with E-state index in [0.717, 1.165) is 9.86 Å². The first kappa shape index (κ1) is 18.4. The number of benzene rings is 2. The number of carbonyl (C=O) groups excluding carboxylic acids is 1. The molecule has 0 spiro atoms. The number of nitrogens with one attached hydrogen (secondary N) is 1. The molecular weight excluding hydrogens is 442 g/mol. The molecule has 5 nitrogen and oxygen atoms in total. The van der Waals surface area contributed by atoms with Gasteiger partial charge in [-0.25, -0.2) is 4.99 Å². The molecule has 2 aromatic carbocycles. The highest BCUT2D eigenvalue weighted by molar-refractivity contribution is 9.10. The lowest BCUT2D eigenvalue weighted by Gasteiger charge is -2.07. The highest BCUT2D eigenvalue weighted by Crippen LogP contribution is 2.21. The third-order valence-electron chi connectivity index (χ3n) is 3.95. The molecule has 7 heteroatoms. The van der Waals surface area contributed by atoms with Crippen LogP contribution in [0.3, 0.4) is 0 Å². The Morgan fingerprint density at radius 1 is 1.04 bits per heavy atom. The van der Waals surface area contributed by atoms with Gasteiger partial charge in [-0.2, -0.15) is 0 Å². The maximum Gasteiger partial charge on any atom is 0.261 e. The Morgan fingerprint density at radius 2 is 1.79 bits per heavy atom. The van der Waals surface area contributed by atoms with Crippen LogP contribution in [0.5, 0.6) is 0 Å². The SMILES string of the molecule is O=C(Nc1ccncc1)c1cc2cc(Br)ccc2oc1=Nc1ccc(Cl)cc1. The summed E-state index contributed by atoms with van der Waals surface area (Å²) in [5.41, 5.74) is 2.41. The van der Waals surface area contributed by atoms with Gasteiger partial charge in [-0.1, -0.05) is 27.5 Å². The van der Waals surface area contributed by atoms with Gasteiger partial charge < -0.3 is 9.73 Å². The molecular formula is C21H13BrClN3O2. The van der Waals surface area contributed by atoms with Crippen molar-refractivity contribution < 1.29 is 9.21 Å². The van der Waals surface area contributed by atoms with Crippen LogP contribution in [0, 0.1) is 0 Å². The average molecular weight is 455 g/mol. The van der Waals surface area contributed by atoms with Crippen molar-refractivity contribution in [1.82, 2.24) is 4.98 Å². The van der Waals surface area contributed by atoms with Crippen LogP contribution in [-0.4, -0.2) is 10.9 Å². The van der Waals surface area contributed by atoms with E-state index in [9.17, 15) is 4.79 Å². The van der Waals surface area contributed by atoms with Crippen LogP contribution in [0.2, 0.25) is 5.02 Å². The second-order valence-corrected chi connectivity index (χ2v) is 7.28. The molecule has 0 unspecified atom stereocenters. The lowest BCUT2D eigenvalue weighted by atomic mass is 10.1. The summed E-state index contributed by atoms with van der Waals surface area (Å²) >= 11 is 9.38. The van der Waals surface area contributed by atoms with Crippen molar-refractivity contribution in [2.75, 3.05) is 5.32 Å². The van der Waals surface area contributed by atoms with Gasteiger partial charge in [0.15, 0.2) is 0 Å².